The zero-order valence-electron chi connectivity index (χ0n) is 10.4. The van der Waals surface area contributed by atoms with Crippen LogP contribution >= 0.6 is 11.6 Å². The first-order valence-electron chi connectivity index (χ1n) is 5.61. The minimum Gasteiger partial charge on any atom is -0.408 e. The molecule has 0 spiro atoms. The van der Waals surface area contributed by atoms with Gasteiger partial charge in [0.2, 0.25) is 5.60 Å². The Morgan fingerprint density at radius 2 is 2.38 bits per heavy atom. The fourth-order valence-corrected chi connectivity index (χ4v) is 2.29. The number of hydrogen-bond donors (Lipinski definition) is 4. The molecule has 1 aromatic rings. The van der Waals surface area contributed by atoms with Gasteiger partial charge < -0.3 is 25.9 Å². The molecule has 21 heavy (non-hydrogen) atoms. The van der Waals surface area contributed by atoms with Gasteiger partial charge in [-0.2, -0.15) is 10.2 Å². The molecule has 1 saturated heterocycles. The van der Waals surface area contributed by atoms with E-state index in [1.807, 2.05) is 0 Å². The molecule has 0 radical (unpaired) electrons. The van der Waals surface area contributed by atoms with Crippen molar-refractivity contribution in [2.75, 3.05) is 12.3 Å². The lowest BCUT2D eigenvalue weighted by atomic mass is 9.98. The monoisotopic (exact) mass is 319 g/mol. The Balaban J connectivity index is 2.59. The van der Waals surface area contributed by atoms with Gasteiger partial charge in [-0.1, -0.05) is 11.6 Å². The third-order valence-corrected chi connectivity index (χ3v) is 3.48. The third kappa shape index (κ3) is 2.20. The summed E-state index contributed by atoms with van der Waals surface area (Å²) in [5.41, 5.74) is 2.68. The highest BCUT2D eigenvalue weighted by atomic mass is 35.5. The van der Waals surface area contributed by atoms with Gasteiger partial charge in [0.15, 0.2) is 12.3 Å². The number of aliphatic hydroxyl groups excluding tert-OH is 2. The van der Waals surface area contributed by atoms with Gasteiger partial charge in [-0.05, 0) is 11.2 Å². The molecule has 0 aliphatic carbocycles. The molecule has 2 heterocycles. The first-order valence-corrected chi connectivity index (χ1v) is 5.98. The molecule has 1 fully saturated rings. The highest BCUT2D eigenvalue weighted by Gasteiger charge is 2.65. The number of hydrogen-bond acceptors (Lipinski definition) is 8. The van der Waals surface area contributed by atoms with Crippen LogP contribution in [0.1, 0.15) is 6.23 Å². The minimum atomic E-state index is -2.97. The highest BCUT2D eigenvalue weighted by molar-refractivity contribution is 6.23. The average Bonchev–Trinajstić information content (AvgIpc) is 2.68. The number of alkyl halides is 2. The number of nitrogens with two attached hydrogens (primary N) is 1. The van der Waals surface area contributed by atoms with E-state index in [2.05, 4.69) is 10.1 Å². The maximum atomic E-state index is 14.6. The standard InChI is InChI=1S/C10H11ClFN5O4/c11-10(12)6(19)9(3-13,4-18)21-7(10)17-2-1-5(14)15-8(17)16-20/h1-2,6-7,18-20H,4H2,(H2,14,15,16)/t6-,7-,9-,10-/m1/s1. The van der Waals surface area contributed by atoms with E-state index in [0.29, 0.717) is 0 Å². The van der Waals surface area contributed by atoms with Gasteiger partial charge in [0.25, 0.3) is 10.7 Å². The number of halogens is 2. The largest absolute Gasteiger partial charge is 0.408 e. The summed E-state index contributed by atoms with van der Waals surface area (Å²) in [6, 6.07) is 2.72. The lowest BCUT2D eigenvalue weighted by Gasteiger charge is -2.23. The van der Waals surface area contributed by atoms with E-state index in [-0.39, 0.29) is 5.82 Å². The Morgan fingerprint density at radius 3 is 2.86 bits per heavy atom. The number of aromatic nitrogens is 2. The van der Waals surface area contributed by atoms with Gasteiger partial charge in [-0.3, -0.25) is 4.57 Å². The van der Waals surface area contributed by atoms with Crippen molar-refractivity contribution in [3.63, 3.8) is 0 Å². The molecule has 114 valence electrons. The van der Waals surface area contributed by atoms with E-state index in [4.69, 9.17) is 32.5 Å². The summed E-state index contributed by atoms with van der Waals surface area (Å²) in [7, 11) is 0. The lowest BCUT2D eigenvalue weighted by Crippen LogP contribution is -2.47. The summed E-state index contributed by atoms with van der Waals surface area (Å²) in [5, 5.41) is 36.8. The quantitative estimate of drug-likeness (QED) is 0.304. The number of nitrogens with zero attached hydrogens (tertiary/aromatic N) is 4. The summed E-state index contributed by atoms with van der Waals surface area (Å²) >= 11 is 5.62. The average molecular weight is 320 g/mol. The van der Waals surface area contributed by atoms with Crippen LogP contribution in [0.3, 0.4) is 0 Å². The molecule has 0 aromatic carbocycles. The summed E-state index contributed by atoms with van der Waals surface area (Å²) in [6.07, 6.45) is -2.78. The first-order chi connectivity index (χ1) is 9.82. The van der Waals surface area contributed by atoms with Crippen LogP contribution in [0.2, 0.25) is 0 Å². The summed E-state index contributed by atoms with van der Waals surface area (Å²) in [5.74, 6) is -0.0228. The smallest absolute Gasteiger partial charge is 0.270 e. The van der Waals surface area contributed by atoms with Crippen molar-refractivity contribution in [1.29, 1.82) is 5.26 Å². The second-order valence-electron chi connectivity index (χ2n) is 4.37. The number of nitriles is 1. The van der Waals surface area contributed by atoms with Gasteiger partial charge in [0, 0.05) is 6.20 Å². The van der Waals surface area contributed by atoms with Crippen molar-refractivity contribution in [1.82, 2.24) is 9.55 Å². The molecular weight excluding hydrogens is 309 g/mol. The Labute approximate surface area is 122 Å². The Bertz CT molecular complexity index is 660. The predicted octanol–water partition coefficient (Wildman–Crippen LogP) is -1.20. The molecule has 9 nitrogen and oxygen atoms in total. The van der Waals surface area contributed by atoms with Crippen molar-refractivity contribution in [2.45, 2.75) is 23.1 Å². The summed E-state index contributed by atoms with van der Waals surface area (Å²) in [6.45, 7) is -0.992. The van der Waals surface area contributed by atoms with Gasteiger partial charge in [-0.15, -0.1) is 0 Å². The Hall–Kier alpha value is -1.93. The number of nitrogen functional groups attached to an aromatic ring is 1. The molecule has 11 heteroatoms. The summed E-state index contributed by atoms with van der Waals surface area (Å²) in [4.78, 5) is 3.62. The molecule has 1 aliphatic rings. The van der Waals surface area contributed by atoms with Crippen LogP contribution in [0.15, 0.2) is 17.4 Å². The van der Waals surface area contributed by atoms with Crippen LogP contribution in [-0.2, 0) is 4.74 Å². The molecular formula is C10H11ClFN5O4. The molecule has 4 atom stereocenters. The maximum absolute atomic E-state index is 14.6. The number of ether oxygens (including phenoxy) is 1. The molecule has 0 amide bonds. The van der Waals surface area contributed by atoms with E-state index in [9.17, 15) is 14.6 Å². The van der Waals surface area contributed by atoms with E-state index in [1.54, 1.807) is 0 Å². The van der Waals surface area contributed by atoms with Crippen LogP contribution in [0, 0.1) is 11.3 Å². The minimum absolute atomic E-state index is 0.0228. The second-order valence-corrected chi connectivity index (χ2v) is 4.95. The van der Waals surface area contributed by atoms with Crippen LogP contribution in [0.25, 0.3) is 0 Å². The number of rotatable bonds is 2. The topological polar surface area (TPSA) is 150 Å². The van der Waals surface area contributed by atoms with Crippen molar-refractivity contribution in [2.24, 2.45) is 5.16 Å². The third-order valence-electron chi connectivity index (χ3n) is 3.09. The molecule has 5 N–H and O–H groups in total. The molecule has 0 bridgehead atoms. The molecule has 1 aromatic heterocycles. The van der Waals surface area contributed by atoms with Crippen molar-refractivity contribution < 1.29 is 24.5 Å². The SMILES string of the molecule is N#C[C@]1(CO)O[C@@H](n2ccc(N)n/c2=N\O)[C@@](F)(Cl)[C@@H]1O. The van der Waals surface area contributed by atoms with E-state index >= 15 is 0 Å². The van der Waals surface area contributed by atoms with Gasteiger partial charge in [0.1, 0.15) is 11.9 Å². The Morgan fingerprint density at radius 1 is 1.71 bits per heavy atom. The Kier molecular flexibility index (Phi) is 3.77. The van der Waals surface area contributed by atoms with Crippen molar-refractivity contribution in [3.05, 3.63) is 17.9 Å². The molecule has 1 aliphatic heterocycles. The molecule has 2 rings (SSSR count). The van der Waals surface area contributed by atoms with Crippen LogP contribution < -0.4 is 11.4 Å². The van der Waals surface area contributed by atoms with Crippen LogP contribution in [-0.4, -0.2) is 48.4 Å². The van der Waals surface area contributed by atoms with Crippen LogP contribution in [0.4, 0.5) is 10.2 Å². The van der Waals surface area contributed by atoms with Crippen LogP contribution in [0.5, 0.6) is 0 Å². The van der Waals surface area contributed by atoms with Crippen molar-refractivity contribution in [3.8, 4) is 6.07 Å². The van der Waals surface area contributed by atoms with Gasteiger partial charge in [0.05, 0.1) is 6.61 Å². The fraction of sp³-hybridized carbons (Fsp3) is 0.500. The number of aliphatic hydroxyl groups is 2. The van der Waals surface area contributed by atoms with E-state index in [0.717, 1.165) is 10.8 Å². The number of anilines is 1. The van der Waals surface area contributed by atoms with E-state index < -0.39 is 35.3 Å². The van der Waals surface area contributed by atoms with E-state index in [1.165, 1.54) is 12.1 Å². The predicted molar refractivity (Wildman–Crippen MR) is 65.2 cm³/mol. The summed E-state index contributed by atoms with van der Waals surface area (Å²) < 4.78 is 20.5. The molecule has 0 unspecified atom stereocenters. The molecule has 0 saturated carbocycles. The second kappa shape index (κ2) is 5.12. The zero-order valence-corrected chi connectivity index (χ0v) is 11.1. The highest BCUT2D eigenvalue weighted by Crippen LogP contribution is 2.48. The van der Waals surface area contributed by atoms with Crippen molar-refractivity contribution >= 4 is 17.4 Å². The first kappa shape index (κ1) is 15.5. The van der Waals surface area contributed by atoms with Gasteiger partial charge in [-0.25, -0.2) is 4.39 Å². The zero-order chi connectivity index (χ0) is 15.8. The maximum Gasteiger partial charge on any atom is 0.270 e. The normalized spacial score (nSPS) is 36.6. The van der Waals surface area contributed by atoms with Gasteiger partial charge >= 0.3 is 0 Å². The fourth-order valence-electron chi connectivity index (χ4n) is 1.97. The lowest BCUT2D eigenvalue weighted by molar-refractivity contribution is -0.0948.